The van der Waals surface area contributed by atoms with Crippen LogP contribution in [0.15, 0.2) is 24.3 Å². The van der Waals surface area contributed by atoms with Crippen LogP contribution in [-0.4, -0.2) is 0 Å². The molecule has 0 heterocycles. The van der Waals surface area contributed by atoms with Crippen LogP contribution in [0.2, 0.25) is 30.1 Å². The average Bonchev–Trinajstić information content (AvgIpc) is 2.32. The summed E-state index contributed by atoms with van der Waals surface area (Å²) in [5.74, 6) is 0. The Balaban J connectivity index is 2.70. The number of halogens is 6. The van der Waals surface area contributed by atoms with Gasteiger partial charge in [0.05, 0.1) is 30.1 Å². The molecule has 0 saturated heterocycles. The van der Waals surface area contributed by atoms with Gasteiger partial charge in [-0.15, -0.1) is 0 Å². The fourth-order valence-electron chi connectivity index (χ4n) is 1.46. The van der Waals surface area contributed by atoms with Crippen LogP contribution in [0.1, 0.15) is 0 Å². The summed E-state index contributed by atoms with van der Waals surface area (Å²) in [5.41, 5.74) is 1.30. The lowest BCUT2D eigenvalue weighted by molar-refractivity contribution is 1.61. The minimum absolute atomic E-state index is 0.276. The minimum atomic E-state index is 0.276. The Morgan fingerprint density at radius 1 is 0.500 bits per heavy atom. The van der Waals surface area contributed by atoms with E-state index in [9.17, 15) is 0 Å². The molecule has 0 nitrogen and oxygen atoms in total. The smallest absolute Gasteiger partial charge is 0.0784 e. The maximum Gasteiger partial charge on any atom is 0.0784 e. The van der Waals surface area contributed by atoms with Gasteiger partial charge in [-0.1, -0.05) is 75.7 Å². The van der Waals surface area contributed by atoms with Crippen LogP contribution in [0.3, 0.4) is 0 Å². The summed E-state index contributed by atoms with van der Waals surface area (Å²) in [5, 5.41) is 2.17. The third-order valence-corrected chi connectivity index (χ3v) is 4.66. The van der Waals surface area contributed by atoms with Crippen molar-refractivity contribution in [2.45, 2.75) is 0 Å². The van der Waals surface area contributed by atoms with E-state index in [1.807, 2.05) is 0 Å². The maximum atomic E-state index is 6.15. The molecule has 0 radical (unpaired) electrons. The van der Waals surface area contributed by atoms with Crippen LogP contribution in [0.4, 0.5) is 0 Å². The molecule has 94 valence electrons. The Bertz CT molecular complexity index is 620. The lowest BCUT2D eigenvalue weighted by atomic mass is 11.0. The quantitative estimate of drug-likeness (QED) is 0.364. The van der Waals surface area contributed by atoms with Crippen LogP contribution in [0, 0.1) is 0 Å². The molecular formula is C12H4Cl6. The van der Waals surface area contributed by atoms with E-state index < -0.39 is 0 Å². The molecule has 0 aliphatic heterocycles. The summed E-state index contributed by atoms with van der Waals surface area (Å²) in [4.78, 5) is 0. The average molecular weight is 373 g/mol. The zero-order valence-corrected chi connectivity index (χ0v) is 13.1. The molecule has 0 N–H and O–H groups in total. The zero-order chi connectivity index (χ0) is 13.4. The normalized spacial score (nSPS) is 10.8. The van der Waals surface area contributed by atoms with Gasteiger partial charge in [0.1, 0.15) is 0 Å². The van der Waals surface area contributed by atoms with Gasteiger partial charge in [-0.25, -0.2) is 0 Å². The van der Waals surface area contributed by atoms with Crippen LogP contribution < -0.4 is 0 Å². The number of benzene rings is 2. The third kappa shape index (κ3) is 2.70. The SMILES string of the molecule is Cl[13c]1[13cH][13c](Cl)[13c](-[13c]2[13cH][13cH][13c](Cl)[13c](Cl)[13c]2Cl)[13cH][13c]1Cl. The summed E-state index contributed by atoms with van der Waals surface area (Å²) in [6.07, 6.45) is 0. The van der Waals surface area contributed by atoms with Gasteiger partial charge < -0.3 is 0 Å². The second kappa shape index (κ2) is 5.66. The van der Waals surface area contributed by atoms with Gasteiger partial charge in [0.2, 0.25) is 0 Å². The monoisotopic (exact) mass is 370 g/mol. The predicted molar refractivity (Wildman–Crippen MR) is 81.9 cm³/mol. The number of hydrogen-bond donors (Lipinski definition) is 0. The zero-order valence-electron chi connectivity index (χ0n) is 8.58. The maximum absolute atomic E-state index is 6.15. The van der Waals surface area contributed by atoms with Crippen molar-refractivity contribution in [3.63, 3.8) is 0 Å². The molecule has 0 atom stereocenters. The van der Waals surface area contributed by atoms with Crippen LogP contribution in [-0.2, 0) is 0 Å². The van der Waals surface area contributed by atoms with Crippen molar-refractivity contribution in [2.75, 3.05) is 0 Å². The van der Waals surface area contributed by atoms with E-state index in [-0.39, 0.29) is 5.02 Å². The van der Waals surface area contributed by atoms with Crippen molar-refractivity contribution in [3.8, 4) is 11.1 Å². The first-order chi connectivity index (χ1) is 8.41. The van der Waals surface area contributed by atoms with Crippen LogP contribution in [0.25, 0.3) is 11.1 Å². The Kier molecular flexibility index (Phi) is 4.59. The molecule has 0 unspecified atom stereocenters. The minimum Gasteiger partial charge on any atom is -0.0836 e. The lowest BCUT2D eigenvalue weighted by Crippen LogP contribution is -1.84. The highest BCUT2D eigenvalue weighted by Gasteiger charge is 2.14. The molecule has 18 heavy (non-hydrogen) atoms. The van der Waals surface area contributed by atoms with Crippen molar-refractivity contribution >= 4 is 69.6 Å². The molecule has 2 rings (SSSR count). The second-order valence-electron chi connectivity index (χ2n) is 3.47. The first-order valence-corrected chi connectivity index (χ1v) is 6.97. The highest BCUT2D eigenvalue weighted by molar-refractivity contribution is 6.49. The molecule has 0 amide bonds. The summed E-state index contributed by atoms with van der Waals surface area (Å²) in [6.45, 7) is 0. The van der Waals surface area contributed by atoms with E-state index in [4.69, 9.17) is 69.6 Å². The molecule has 0 saturated carbocycles. The molecular weight excluding hydrogens is 369 g/mol. The highest BCUT2D eigenvalue weighted by atomic mass is 35.5. The van der Waals surface area contributed by atoms with Gasteiger partial charge in [0.25, 0.3) is 0 Å². The summed E-state index contributed by atoms with van der Waals surface area (Å²) in [7, 11) is 0. The molecule has 2 aromatic carbocycles. The standard InChI is InChI=1S/C12H4Cl6/c13-7-2-1-5(11(17)12(7)18)6-3-9(15)10(16)4-8(6)14/h1-4H/i1+1,2+1,3+1,4+1,5+1,6+1,7+1,8+1,9+1,10+1,11+1,12+1. The van der Waals surface area contributed by atoms with Gasteiger partial charge >= 0.3 is 0 Å². The predicted octanol–water partition coefficient (Wildman–Crippen LogP) is 7.27. The first-order valence-electron chi connectivity index (χ1n) is 4.70. The van der Waals surface area contributed by atoms with Crippen molar-refractivity contribution in [1.29, 1.82) is 0 Å². The van der Waals surface area contributed by atoms with Gasteiger partial charge in [0, 0.05) is 11.1 Å². The molecule has 0 aliphatic carbocycles. The summed E-state index contributed by atoms with van der Waals surface area (Å²) in [6, 6.07) is 6.56. The molecule has 0 fully saturated rings. The first kappa shape index (κ1) is 14.6. The van der Waals surface area contributed by atoms with Gasteiger partial charge in [-0.05, 0) is 18.2 Å². The Labute approximate surface area is 134 Å². The van der Waals surface area contributed by atoms with E-state index in [0.717, 1.165) is 0 Å². The summed E-state index contributed by atoms with van der Waals surface area (Å²) >= 11 is 36.0. The number of hydrogen-bond acceptors (Lipinski definition) is 0. The van der Waals surface area contributed by atoms with E-state index in [2.05, 4.69) is 0 Å². The van der Waals surface area contributed by atoms with Crippen LogP contribution >= 0.6 is 69.6 Å². The Morgan fingerprint density at radius 2 is 1.11 bits per heavy atom. The Morgan fingerprint density at radius 3 is 1.78 bits per heavy atom. The molecule has 0 aliphatic rings. The van der Waals surface area contributed by atoms with E-state index >= 15 is 0 Å². The van der Waals surface area contributed by atoms with E-state index in [1.165, 1.54) is 0 Å². The summed E-state index contributed by atoms with van der Waals surface area (Å²) < 4.78 is 0. The van der Waals surface area contributed by atoms with Crippen molar-refractivity contribution in [1.82, 2.24) is 0 Å². The Hall–Kier alpha value is 0.180. The van der Waals surface area contributed by atoms with Gasteiger partial charge in [-0.2, -0.15) is 0 Å². The van der Waals surface area contributed by atoms with Gasteiger partial charge in [-0.3, -0.25) is 0 Å². The topological polar surface area (TPSA) is 0 Å². The van der Waals surface area contributed by atoms with Crippen molar-refractivity contribution < 1.29 is 0 Å². The number of rotatable bonds is 1. The lowest BCUT2D eigenvalue weighted by Gasteiger charge is -2.10. The largest absolute Gasteiger partial charge is 0.0836 e. The molecule has 0 aromatic heterocycles. The highest BCUT2D eigenvalue weighted by Crippen LogP contribution is 2.42. The molecule has 0 spiro atoms. The van der Waals surface area contributed by atoms with E-state index in [0.29, 0.717) is 36.2 Å². The van der Waals surface area contributed by atoms with Crippen molar-refractivity contribution in [3.05, 3.63) is 54.4 Å². The fraction of sp³-hybridized carbons (Fsp3) is 0. The second-order valence-corrected chi connectivity index (χ2v) is 5.85. The molecule has 6 heteroatoms. The third-order valence-electron chi connectivity index (χ3n) is 2.34. The molecule has 0 bridgehead atoms. The van der Waals surface area contributed by atoms with E-state index in [1.54, 1.807) is 24.3 Å². The van der Waals surface area contributed by atoms with Crippen molar-refractivity contribution in [2.24, 2.45) is 0 Å². The fourth-order valence-corrected chi connectivity index (χ4v) is 2.75. The molecule has 2 aromatic rings. The van der Waals surface area contributed by atoms with Gasteiger partial charge in [0.15, 0.2) is 0 Å². The van der Waals surface area contributed by atoms with Crippen LogP contribution in [0.5, 0.6) is 0 Å².